The topological polar surface area (TPSA) is 62.9 Å². The lowest BCUT2D eigenvalue weighted by molar-refractivity contribution is -0.0967. The fourth-order valence-corrected chi connectivity index (χ4v) is 3.23. The fourth-order valence-electron chi connectivity index (χ4n) is 3.10. The molecule has 132 valence electrons. The third kappa shape index (κ3) is 4.85. The number of nitrogens with zero attached hydrogens (tertiary/aromatic N) is 2. The summed E-state index contributed by atoms with van der Waals surface area (Å²) in [5, 5.41) is 4.00. The molecule has 1 saturated carbocycles. The molecule has 0 bridgehead atoms. The van der Waals surface area contributed by atoms with Crippen molar-refractivity contribution < 1.29 is 4.74 Å². The molecule has 1 saturated heterocycles. The van der Waals surface area contributed by atoms with Crippen molar-refractivity contribution >= 4 is 17.6 Å². The summed E-state index contributed by atoms with van der Waals surface area (Å²) in [5.41, 5.74) is 7.08. The fraction of sp³-hybridized carbons (Fsp3) is 0.611. The number of hydrogen-bond donors (Lipinski definition) is 2. The van der Waals surface area contributed by atoms with Crippen LogP contribution in [0.3, 0.4) is 0 Å². The van der Waals surface area contributed by atoms with Crippen LogP contribution < -0.4 is 11.1 Å². The first-order valence-electron chi connectivity index (χ1n) is 8.63. The van der Waals surface area contributed by atoms with Crippen LogP contribution in [0.15, 0.2) is 29.3 Å². The van der Waals surface area contributed by atoms with Gasteiger partial charge in [-0.3, -0.25) is 9.89 Å². The van der Waals surface area contributed by atoms with E-state index in [-0.39, 0.29) is 11.6 Å². The number of nitrogens with one attached hydrogen (secondary N) is 1. The maximum Gasteiger partial charge on any atom is 0.188 e. The van der Waals surface area contributed by atoms with Crippen LogP contribution in [0.1, 0.15) is 38.3 Å². The summed E-state index contributed by atoms with van der Waals surface area (Å²) in [5.74, 6) is 0.545. The van der Waals surface area contributed by atoms with Crippen molar-refractivity contribution in [2.45, 2.75) is 44.4 Å². The van der Waals surface area contributed by atoms with Gasteiger partial charge in [-0.1, -0.05) is 23.7 Å². The SMILES string of the molecule is CC1(C)CN(C(CN=C(N)NC2CC2)c2ccc(Cl)cc2)CCO1. The Hall–Kier alpha value is -1.30. The van der Waals surface area contributed by atoms with Crippen molar-refractivity contribution in [2.24, 2.45) is 10.7 Å². The van der Waals surface area contributed by atoms with Gasteiger partial charge >= 0.3 is 0 Å². The molecule has 1 aliphatic carbocycles. The molecule has 1 aliphatic heterocycles. The second-order valence-corrected chi connectivity index (χ2v) is 7.73. The van der Waals surface area contributed by atoms with Crippen molar-refractivity contribution in [1.29, 1.82) is 0 Å². The third-order valence-corrected chi connectivity index (χ3v) is 4.77. The van der Waals surface area contributed by atoms with E-state index in [1.807, 2.05) is 12.1 Å². The van der Waals surface area contributed by atoms with Crippen molar-refractivity contribution in [2.75, 3.05) is 26.2 Å². The smallest absolute Gasteiger partial charge is 0.188 e. The van der Waals surface area contributed by atoms with E-state index in [4.69, 9.17) is 22.1 Å². The predicted molar refractivity (Wildman–Crippen MR) is 98.4 cm³/mol. The van der Waals surface area contributed by atoms with E-state index in [1.165, 1.54) is 18.4 Å². The maximum absolute atomic E-state index is 6.05. The molecule has 0 aromatic heterocycles. The van der Waals surface area contributed by atoms with E-state index in [0.29, 0.717) is 18.5 Å². The molecule has 1 aromatic rings. The Kier molecular flexibility index (Phi) is 5.33. The third-order valence-electron chi connectivity index (χ3n) is 4.51. The van der Waals surface area contributed by atoms with E-state index < -0.39 is 0 Å². The lowest BCUT2D eigenvalue weighted by atomic mass is 10.0. The lowest BCUT2D eigenvalue weighted by Crippen LogP contribution is -2.50. The Morgan fingerprint density at radius 3 is 2.75 bits per heavy atom. The minimum absolute atomic E-state index is 0.148. The number of nitrogens with two attached hydrogens (primary N) is 1. The number of guanidine groups is 1. The molecular weight excluding hydrogens is 324 g/mol. The Morgan fingerprint density at radius 1 is 1.42 bits per heavy atom. The van der Waals surface area contributed by atoms with Gasteiger partial charge in [0.2, 0.25) is 0 Å². The van der Waals surface area contributed by atoms with Crippen LogP contribution in [-0.4, -0.2) is 48.7 Å². The molecule has 1 atom stereocenters. The number of morpholine rings is 1. The largest absolute Gasteiger partial charge is 0.373 e. The summed E-state index contributed by atoms with van der Waals surface area (Å²) in [7, 11) is 0. The molecule has 24 heavy (non-hydrogen) atoms. The number of rotatable bonds is 5. The first-order chi connectivity index (χ1) is 11.4. The van der Waals surface area contributed by atoms with Gasteiger partial charge < -0.3 is 15.8 Å². The van der Waals surface area contributed by atoms with Gasteiger partial charge in [0.05, 0.1) is 24.8 Å². The van der Waals surface area contributed by atoms with Gasteiger partial charge in [-0.2, -0.15) is 0 Å². The van der Waals surface area contributed by atoms with Gasteiger partial charge in [0.1, 0.15) is 0 Å². The van der Waals surface area contributed by atoms with Crippen molar-refractivity contribution in [3.05, 3.63) is 34.9 Å². The summed E-state index contributed by atoms with van der Waals surface area (Å²) in [6.07, 6.45) is 2.38. The van der Waals surface area contributed by atoms with Crippen LogP contribution >= 0.6 is 11.6 Å². The van der Waals surface area contributed by atoms with Gasteiger partial charge in [-0.15, -0.1) is 0 Å². The molecule has 2 fully saturated rings. The summed E-state index contributed by atoms with van der Waals surface area (Å²) in [6.45, 7) is 7.38. The first-order valence-corrected chi connectivity index (χ1v) is 9.01. The molecule has 5 nitrogen and oxygen atoms in total. The molecule has 6 heteroatoms. The molecule has 0 spiro atoms. The van der Waals surface area contributed by atoms with Gasteiger partial charge in [0.25, 0.3) is 0 Å². The van der Waals surface area contributed by atoms with E-state index in [2.05, 4.69) is 41.2 Å². The average molecular weight is 351 g/mol. The zero-order valence-corrected chi connectivity index (χ0v) is 15.2. The number of aliphatic imine (C=N–C) groups is 1. The molecule has 1 unspecified atom stereocenters. The van der Waals surface area contributed by atoms with Crippen LogP contribution in [0, 0.1) is 0 Å². The monoisotopic (exact) mass is 350 g/mol. The second kappa shape index (κ2) is 7.30. The summed E-state index contributed by atoms with van der Waals surface area (Å²) in [4.78, 5) is 7.03. The molecule has 3 N–H and O–H groups in total. The highest BCUT2D eigenvalue weighted by atomic mass is 35.5. The molecule has 0 amide bonds. The minimum atomic E-state index is -0.148. The van der Waals surface area contributed by atoms with Gasteiger partial charge in [-0.25, -0.2) is 0 Å². The number of halogens is 1. The average Bonchev–Trinajstić information content (AvgIpc) is 3.32. The zero-order valence-electron chi connectivity index (χ0n) is 14.5. The van der Waals surface area contributed by atoms with Crippen molar-refractivity contribution in [3.8, 4) is 0 Å². The number of ether oxygens (including phenoxy) is 1. The summed E-state index contributed by atoms with van der Waals surface area (Å²) < 4.78 is 5.85. The Labute approximate surface area is 149 Å². The standard InChI is InChI=1S/C18H27ClN4O/c1-18(2)12-23(9-10-24-18)16(13-3-5-14(19)6-4-13)11-21-17(20)22-15-7-8-15/h3-6,15-16H,7-12H2,1-2H3,(H3,20,21,22). The second-order valence-electron chi connectivity index (χ2n) is 7.29. The molecule has 1 aromatic carbocycles. The van der Waals surface area contributed by atoms with Crippen LogP contribution in [0.5, 0.6) is 0 Å². The van der Waals surface area contributed by atoms with E-state index in [1.54, 1.807) is 0 Å². The zero-order chi connectivity index (χ0) is 17.2. The molecule has 0 radical (unpaired) electrons. The summed E-state index contributed by atoms with van der Waals surface area (Å²) in [6, 6.07) is 8.72. The van der Waals surface area contributed by atoms with Crippen LogP contribution in [0.2, 0.25) is 5.02 Å². The Bertz CT molecular complexity index is 583. The van der Waals surface area contributed by atoms with E-state index in [0.717, 1.165) is 24.7 Å². The summed E-state index contributed by atoms with van der Waals surface area (Å²) >= 11 is 6.05. The highest BCUT2D eigenvalue weighted by molar-refractivity contribution is 6.30. The normalized spacial score (nSPS) is 23.0. The highest BCUT2D eigenvalue weighted by Crippen LogP contribution is 2.28. The maximum atomic E-state index is 6.05. The molecular formula is C18H27ClN4O. The highest BCUT2D eigenvalue weighted by Gasteiger charge is 2.32. The van der Waals surface area contributed by atoms with Crippen LogP contribution in [-0.2, 0) is 4.74 Å². The Morgan fingerprint density at radius 2 is 2.12 bits per heavy atom. The van der Waals surface area contributed by atoms with Gasteiger partial charge in [0, 0.05) is 24.2 Å². The van der Waals surface area contributed by atoms with E-state index in [9.17, 15) is 0 Å². The van der Waals surface area contributed by atoms with Crippen molar-refractivity contribution in [3.63, 3.8) is 0 Å². The van der Waals surface area contributed by atoms with Gasteiger partial charge in [-0.05, 0) is 44.4 Å². The molecule has 3 rings (SSSR count). The molecule has 1 heterocycles. The van der Waals surface area contributed by atoms with Crippen LogP contribution in [0.25, 0.3) is 0 Å². The Balaban J connectivity index is 1.75. The lowest BCUT2D eigenvalue weighted by Gasteiger charge is -2.42. The predicted octanol–water partition coefficient (Wildman–Crippen LogP) is 2.56. The van der Waals surface area contributed by atoms with Crippen molar-refractivity contribution in [1.82, 2.24) is 10.2 Å². The minimum Gasteiger partial charge on any atom is -0.373 e. The van der Waals surface area contributed by atoms with Crippen LogP contribution in [0.4, 0.5) is 0 Å². The van der Waals surface area contributed by atoms with E-state index >= 15 is 0 Å². The molecule has 2 aliphatic rings. The number of benzene rings is 1. The quantitative estimate of drug-likeness (QED) is 0.633. The van der Waals surface area contributed by atoms with Gasteiger partial charge in [0.15, 0.2) is 5.96 Å². The number of hydrogen-bond acceptors (Lipinski definition) is 3. The first kappa shape index (κ1) is 17.5.